The molecule has 0 bridgehead atoms. The van der Waals surface area contributed by atoms with E-state index in [1.54, 1.807) is 5.19 Å². The summed E-state index contributed by atoms with van der Waals surface area (Å²) in [6.07, 6.45) is 8.00. The molecule has 0 spiro atoms. The number of benzene rings is 2. The van der Waals surface area contributed by atoms with E-state index in [9.17, 15) is 0 Å². The van der Waals surface area contributed by atoms with Gasteiger partial charge in [0.1, 0.15) is 7.05 Å². The standard InChI is InChI=1S/C30H42NSi/c1-20(2)24-18-28(21(3)4)22(5)29(19-24)30-27-14-13-26(17-23(27)15-16-31(30)6)32(7,8)25-11-9-10-12-25/h13-21,25H,9-12H2,1-8H3/q+1. The highest BCUT2D eigenvalue weighted by atomic mass is 28.3. The van der Waals surface area contributed by atoms with Gasteiger partial charge in [-0.15, -0.1) is 0 Å². The van der Waals surface area contributed by atoms with Gasteiger partial charge in [-0.05, 0) is 58.5 Å². The highest BCUT2D eigenvalue weighted by Gasteiger charge is 2.35. The molecule has 0 aliphatic heterocycles. The maximum atomic E-state index is 2.60. The lowest BCUT2D eigenvalue weighted by molar-refractivity contribution is -0.659. The van der Waals surface area contributed by atoms with Crippen LogP contribution < -0.4 is 9.75 Å². The first-order valence-electron chi connectivity index (χ1n) is 12.7. The minimum Gasteiger partial charge on any atom is -0.200 e. The maximum absolute atomic E-state index is 2.60. The highest BCUT2D eigenvalue weighted by molar-refractivity contribution is 6.91. The number of aromatic nitrogens is 1. The molecule has 0 N–H and O–H groups in total. The predicted octanol–water partition coefficient (Wildman–Crippen LogP) is 7.75. The summed E-state index contributed by atoms with van der Waals surface area (Å²) in [7, 11) is 0.766. The van der Waals surface area contributed by atoms with E-state index in [1.165, 1.54) is 64.4 Å². The van der Waals surface area contributed by atoms with Gasteiger partial charge in [-0.3, -0.25) is 0 Å². The van der Waals surface area contributed by atoms with E-state index in [0.717, 1.165) is 5.54 Å². The minimum atomic E-state index is -1.44. The Bertz CT molecular complexity index is 1130. The van der Waals surface area contributed by atoms with Crippen molar-refractivity contribution in [3.05, 3.63) is 59.3 Å². The van der Waals surface area contributed by atoms with Crippen molar-refractivity contribution >= 4 is 24.0 Å². The third-order valence-corrected chi connectivity index (χ3v) is 12.7. The Kier molecular flexibility index (Phi) is 6.37. The third kappa shape index (κ3) is 4.07. The lowest BCUT2D eigenvalue weighted by Crippen LogP contribution is -2.45. The Balaban J connectivity index is 1.92. The van der Waals surface area contributed by atoms with Crippen LogP contribution in [0.2, 0.25) is 18.6 Å². The fraction of sp³-hybridized carbons (Fsp3) is 0.500. The average Bonchev–Trinajstić information content (AvgIpc) is 3.29. The van der Waals surface area contributed by atoms with Crippen molar-refractivity contribution in [2.24, 2.45) is 7.05 Å². The lowest BCUT2D eigenvalue weighted by atomic mass is 9.86. The predicted molar refractivity (Wildman–Crippen MR) is 143 cm³/mol. The molecule has 1 nitrogen and oxygen atoms in total. The first-order chi connectivity index (χ1) is 15.1. The molecule has 2 aromatic carbocycles. The van der Waals surface area contributed by atoms with E-state index in [2.05, 4.69) is 102 Å². The highest BCUT2D eigenvalue weighted by Crippen LogP contribution is 2.39. The summed E-state index contributed by atoms with van der Waals surface area (Å²) in [4.78, 5) is 0. The summed E-state index contributed by atoms with van der Waals surface area (Å²) in [5.41, 5.74) is 8.05. The zero-order valence-electron chi connectivity index (χ0n) is 21.5. The molecular formula is C30H42NSi+. The summed E-state index contributed by atoms with van der Waals surface area (Å²) in [6.45, 7) is 16.8. The smallest absolute Gasteiger partial charge is 0.200 e. The number of pyridine rings is 1. The van der Waals surface area contributed by atoms with E-state index >= 15 is 0 Å². The van der Waals surface area contributed by atoms with Crippen molar-refractivity contribution in [2.75, 3.05) is 0 Å². The van der Waals surface area contributed by atoms with Gasteiger partial charge >= 0.3 is 0 Å². The van der Waals surface area contributed by atoms with E-state index in [4.69, 9.17) is 0 Å². The number of nitrogens with zero attached hydrogens (tertiary/aromatic N) is 1. The second-order valence-electron chi connectivity index (χ2n) is 11.4. The molecule has 1 saturated carbocycles. The summed E-state index contributed by atoms with van der Waals surface area (Å²) >= 11 is 0. The lowest BCUT2D eigenvalue weighted by Gasteiger charge is -2.30. The molecular weight excluding hydrogens is 402 g/mol. The topological polar surface area (TPSA) is 3.88 Å². The van der Waals surface area contributed by atoms with Gasteiger partial charge in [0.05, 0.1) is 19.0 Å². The molecule has 1 aliphatic carbocycles. The summed E-state index contributed by atoms with van der Waals surface area (Å²) in [5, 5.41) is 4.41. The van der Waals surface area contributed by atoms with Crippen molar-refractivity contribution in [2.45, 2.75) is 90.8 Å². The van der Waals surface area contributed by atoms with Gasteiger partial charge in [-0.1, -0.05) is 89.9 Å². The van der Waals surface area contributed by atoms with E-state index in [1.807, 2.05) is 0 Å². The molecule has 4 rings (SSSR count). The molecule has 0 amide bonds. The molecule has 1 heterocycles. The first kappa shape index (κ1) is 23.2. The van der Waals surface area contributed by atoms with Gasteiger partial charge in [0.2, 0.25) is 5.69 Å². The van der Waals surface area contributed by atoms with Crippen molar-refractivity contribution in [1.29, 1.82) is 0 Å². The first-order valence-corrected chi connectivity index (χ1v) is 15.8. The maximum Gasteiger partial charge on any atom is 0.220 e. The summed E-state index contributed by atoms with van der Waals surface area (Å²) in [5.74, 6) is 1.05. The van der Waals surface area contributed by atoms with Crippen LogP contribution in [0.25, 0.3) is 22.0 Å². The fourth-order valence-corrected chi connectivity index (χ4v) is 9.29. The van der Waals surface area contributed by atoms with Crippen molar-refractivity contribution in [3.8, 4) is 11.3 Å². The normalized spacial score (nSPS) is 15.4. The molecule has 170 valence electrons. The van der Waals surface area contributed by atoms with Crippen molar-refractivity contribution in [3.63, 3.8) is 0 Å². The van der Waals surface area contributed by atoms with E-state index in [0.29, 0.717) is 11.8 Å². The van der Waals surface area contributed by atoms with E-state index < -0.39 is 8.07 Å². The Labute approximate surface area is 196 Å². The van der Waals surface area contributed by atoms with Crippen LogP contribution in [0.15, 0.2) is 42.6 Å². The Morgan fingerprint density at radius 2 is 1.59 bits per heavy atom. The molecule has 1 fully saturated rings. The number of hydrogen-bond acceptors (Lipinski definition) is 0. The quantitative estimate of drug-likeness (QED) is 0.280. The zero-order chi connectivity index (χ0) is 23.2. The minimum absolute atomic E-state index is 0.525. The average molecular weight is 445 g/mol. The van der Waals surface area contributed by atoms with Crippen LogP contribution in [0, 0.1) is 6.92 Å². The molecule has 32 heavy (non-hydrogen) atoms. The molecule has 2 heteroatoms. The Morgan fingerprint density at radius 1 is 0.906 bits per heavy atom. The molecule has 3 aromatic rings. The van der Waals surface area contributed by atoms with Crippen molar-refractivity contribution < 1.29 is 4.57 Å². The number of aryl methyl sites for hydroxylation is 1. The van der Waals surface area contributed by atoms with Crippen LogP contribution in [0.3, 0.4) is 0 Å². The van der Waals surface area contributed by atoms with E-state index in [-0.39, 0.29) is 0 Å². The second kappa shape index (κ2) is 8.78. The Hall–Kier alpha value is -1.93. The largest absolute Gasteiger partial charge is 0.220 e. The molecule has 0 unspecified atom stereocenters. The number of fused-ring (bicyclic) bond motifs is 1. The molecule has 0 saturated heterocycles. The van der Waals surface area contributed by atoms with Crippen LogP contribution in [-0.4, -0.2) is 8.07 Å². The molecule has 1 aliphatic rings. The SMILES string of the molecule is Cc1c(-c2c3ccc([Si](C)(C)C4CCCC4)cc3cc[n+]2C)cc(C(C)C)cc1C(C)C. The van der Waals surface area contributed by atoms with Crippen LogP contribution in [0.5, 0.6) is 0 Å². The van der Waals surface area contributed by atoms with Crippen LogP contribution in [-0.2, 0) is 7.05 Å². The third-order valence-electron chi connectivity index (χ3n) is 8.27. The fourth-order valence-electron chi connectivity index (χ4n) is 5.93. The van der Waals surface area contributed by atoms with Gasteiger partial charge in [0.15, 0.2) is 6.20 Å². The van der Waals surface area contributed by atoms with Crippen LogP contribution in [0.4, 0.5) is 0 Å². The summed E-state index contributed by atoms with van der Waals surface area (Å²) < 4.78 is 2.33. The number of rotatable bonds is 5. The molecule has 1 aromatic heterocycles. The van der Waals surface area contributed by atoms with Crippen LogP contribution >= 0.6 is 0 Å². The van der Waals surface area contributed by atoms with Gasteiger partial charge in [-0.2, -0.15) is 0 Å². The summed E-state index contributed by atoms with van der Waals surface area (Å²) in [6, 6.07) is 14.7. The van der Waals surface area contributed by atoms with Crippen molar-refractivity contribution in [1.82, 2.24) is 0 Å². The number of hydrogen-bond donors (Lipinski definition) is 0. The van der Waals surface area contributed by atoms with Gasteiger partial charge < -0.3 is 0 Å². The van der Waals surface area contributed by atoms with Gasteiger partial charge in [-0.25, -0.2) is 4.57 Å². The van der Waals surface area contributed by atoms with Gasteiger partial charge in [0.25, 0.3) is 0 Å². The second-order valence-corrected chi connectivity index (χ2v) is 16.2. The molecule has 0 radical (unpaired) electrons. The monoisotopic (exact) mass is 444 g/mol. The zero-order valence-corrected chi connectivity index (χ0v) is 22.5. The van der Waals surface area contributed by atoms with Crippen LogP contribution in [0.1, 0.15) is 81.9 Å². The Morgan fingerprint density at radius 3 is 2.22 bits per heavy atom. The molecule has 0 atom stereocenters. The van der Waals surface area contributed by atoms with Gasteiger partial charge in [0, 0.05) is 6.07 Å².